The minimum Gasteiger partial charge on any atom is -0.462 e. The average molecular weight is 453 g/mol. The summed E-state index contributed by atoms with van der Waals surface area (Å²) in [6.07, 6.45) is 0. The van der Waals surface area contributed by atoms with E-state index >= 15 is 0 Å². The smallest absolute Gasteiger partial charge is 0.365 e. The van der Waals surface area contributed by atoms with Crippen molar-refractivity contribution >= 4 is 51.9 Å². The van der Waals surface area contributed by atoms with Crippen LogP contribution in [0.25, 0.3) is 0 Å². The normalized spacial score (nSPS) is 20.6. The first-order valence-corrected chi connectivity index (χ1v) is 10.7. The highest BCUT2D eigenvalue weighted by atomic mass is 32.2. The summed E-state index contributed by atoms with van der Waals surface area (Å²) in [6, 6.07) is 5.81. The molecular weight excluding hydrogens is 432 g/mol. The van der Waals surface area contributed by atoms with E-state index in [9.17, 15) is 19.7 Å². The minimum atomic E-state index is -1.02. The number of thioether (sulfide) groups is 2. The van der Waals surface area contributed by atoms with Gasteiger partial charge < -0.3 is 14.4 Å². The Hall–Kier alpha value is -2.73. The van der Waals surface area contributed by atoms with Crippen LogP contribution in [0.5, 0.6) is 0 Å². The first-order valence-electron chi connectivity index (χ1n) is 9.05. The number of hydrogen-bond acceptors (Lipinski definition) is 11. The quantitative estimate of drug-likeness (QED) is 0.362. The van der Waals surface area contributed by atoms with Crippen LogP contribution in [0.2, 0.25) is 0 Å². The van der Waals surface area contributed by atoms with E-state index in [2.05, 4.69) is 5.10 Å². The summed E-state index contributed by atoms with van der Waals surface area (Å²) in [7, 11) is 1.78. The number of carbonyl (C=O) groups excluding carboxylic acids is 2. The van der Waals surface area contributed by atoms with Gasteiger partial charge in [0.05, 0.1) is 23.8 Å². The lowest BCUT2D eigenvalue weighted by molar-refractivity contribution is -0.384. The third-order valence-corrected chi connectivity index (χ3v) is 7.43. The lowest BCUT2D eigenvalue weighted by Gasteiger charge is -2.39. The van der Waals surface area contributed by atoms with Gasteiger partial charge in [0, 0.05) is 24.9 Å². The van der Waals surface area contributed by atoms with Crippen molar-refractivity contribution in [3.63, 3.8) is 0 Å². The zero-order chi connectivity index (χ0) is 22.1. The van der Waals surface area contributed by atoms with Crippen LogP contribution in [0.1, 0.15) is 20.8 Å². The predicted molar refractivity (Wildman–Crippen MR) is 115 cm³/mol. The van der Waals surface area contributed by atoms with Crippen LogP contribution in [0.4, 0.5) is 11.4 Å². The van der Waals surface area contributed by atoms with Crippen molar-refractivity contribution in [3.8, 4) is 0 Å². The highest BCUT2D eigenvalue weighted by Crippen LogP contribution is 2.58. The summed E-state index contributed by atoms with van der Waals surface area (Å²) >= 11 is 2.34. The van der Waals surface area contributed by atoms with Crippen LogP contribution in [0.15, 0.2) is 40.0 Å². The highest BCUT2D eigenvalue weighted by Gasteiger charge is 2.56. The second-order valence-electron chi connectivity index (χ2n) is 6.16. The Kier molecular flexibility index (Phi) is 6.27. The van der Waals surface area contributed by atoms with Gasteiger partial charge in [0.25, 0.3) is 5.69 Å². The number of carbonyl (C=O) groups is 2. The number of nitro benzene ring substituents is 1. The molecule has 1 atom stereocenters. The van der Waals surface area contributed by atoms with E-state index in [1.165, 1.54) is 23.9 Å². The minimum absolute atomic E-state index is 0.0665. The van der Waals surface area contributed by atoms with Gasteiger partial charge in [-0.25, -0.2) is 14.6 Å². The highest BCUT2D eigenvalue weighted by molar-refractivity contribution is 8.28. The van der Waals surface area contributed by atoms with Crippen LogP contribution >= 0.6 is 23.5 Å². The molecule has 160 valence electrons. The number of rotatable bonds is 6. The maximum absolute atomic E-state index is 12.5. The Morgan fingerprint density at radius 3 is 2.30 bits per heavy atom. The number of hydrogen-bond donors (Lipinski definition) is 0. The zero-order valence-corrected chi connectivity index (χ0v) is 18.4. The van der Waals surface area contributed by atoms with Crippen molar-refractivity contribution in [1.82, 2.24) is 4.90 Å². The van der Waals surface area contributed by atoms with Crippen LogP contribution in [-0.2, 0) is 19.1 Å². The lowest BCUT2D eigenvalue weighted by Crippen LogP contribution is -2.47. The predicted octanol–water partition coefficient (Wildman–Crippen LogP) is 3.11. The first-order chi connectivity index (χ1) is 14.2. The molecule has 12 heteroatoms. The molecule has 10 nitrogen and oxygen atoms in total. The van der Waals surface area contributed by atoms with Crippen LogP contribution in [-0.4, -0.2) is 51.4 Å². The van der Waals surface area contributed by atoms with Gasteiger partial charge in [0.1, 0.15) is 4.91 Å². The Balaban J connectivity index is 2.03. The van der Waals surface area contributed by atoms with Crippen molar-refractivity contribution in [2.24, 2.45) is 5.10 Å². The molecule has 0 fully saturated rings. The van der Waals surface area contributed by atoms with Gasteiger partial charge in [0.15, 0.2) is 0 Å². The van der Waals surface area contributed by atoms with Gasteiger partial charge in [-0.3, -0.25) is 10.1 Å². The summed E-state index contributed by atoms with van der Waals surface area (Å²) in [5.41, 5.74) is 1.12. The summed E-state index contributed by atoms with van der Waals surface area (Å²) < 4.78 is 9.24. The van der Waals surface area contributed by atoms with Crippen molar-refractivity contribution in [3.05, 3.63) is 45.0 Å². The van der Waals surface area contributed by atoms with Crippen LogP contribution in [0.3, 0.4) is 0 Å². The van der Waals surface area contributed by atoms with E-state index in [-0.39, 0.29) is 23.9 Å². The van der Waals surface area contributed by atoms with Crippen molar-refractivity contribution in [1.29, 1.82) is 0 Å². The van der Waals surface area contributed by atoms with Crippen molar-refractivity contribution in [2.75, 3.05) is 25.3 Å². The maximum Gasteiger partial charge on any atom is 0.365 e. The van der Waals surface area contributed by atoms with E-state index in [0.29, 0.717) is 16.3 Å². The molecule has 1 aromatic rings. The lowest BCUT2D eigenvalue weighted by atomic mass is 10.3. The Morgan fingerprint density at radius 2 is 1.73 bits per heavy atom. The molecule has 0 aromatic heterocycles. The van der Waals surface area contributed by atoms with E-state index in [1.54, 1.807) is 45.0 Å². The molecule has 2 aliphatic heterocycles. The Morgan fingerprint density at radius 1 is 1.13 bits per heavy atom. The van der Waals surface area contributed by atoms with Gasteiger partial charge in [-0.1, -0.05) is 11.8 Å². The van der Waals surface area contributed by atoms with E-state index in [4.69, 9.17) is 9.47 Å². The van der Waals surface area contributed by atoms with Crippen molar-refractivity contribution in [2.45, 2.75) is 25.1 Å². The fourth-order valence-corrected chi connectivity index (χ4v) is 5.73. The van der Waals surface area contributed by atoms with Crippen molar-refractivity contribution < 1.29 is 24.0 Å². The number of non-ortho nitro benzene ring substituents is 1. The molecule has 0 N–H and O–H groups in total. The van der Waals surface area contributed by atoms with Gasteiger partial charge in [-0.15, -0.1) is 0 Å². The third kappa shape index (κ3) is 3.72. The van der Waals surface area contributed by atoms with Crippen LogP contribution in [0, 0.1) is 10.1 Å². The van der Waals surface area contributed by atoms with Gasteiger partial charge in [-0.2, -0.15) is 5.10 Å². The molecule has 0 aliphatic carbocycles. The molecule has 1 aromatic carbocycles. The maximum atomic E-state index is 12.5. The van der Waals surface area contributed by atoms with E-state index < -0.39 is 21.2 Å². The number of ether oxygens (including phenoxy) is 2. The first kappa shape index (κ1) is 22.0. The number of benzene rings is 1. The summed E-state index contributed by atoms with van der Waals surface area (Å²) in [4.78, 5) is 37.6. The number of allylic oxidation sites excluding steroid dienone is 1. The molecule has 1 spiro atoms. The van der Waals surface area contributed by atoms with E-state index in [0.717, 1.165) is 11.8 Å². The molecule has 0 amide bonds. The number of esters is 2. The largest absolute Gasteiger partial charge is 0.462 e. The summed E-state index contributed by atoms with van der Waals surface area (Å²) in [5, 5.41) is 17.1. The SMILES string of the molecule is CCOC(=O)C1=NN(c2ccc([N+](=O)[O-])cc2)[C@@]2(S1)SC(C(=O)OCC)=C(C)N2C. The molecular formula is C18H20N4O6S2. The number of hydrazone groups is 1. The second-order valence-corrected chi connectivity index (χ2v) is 8.76. The molecule has 2 aliphatic rings. The molecule has 0 saturated carbocycles. The Bertz CT molecular complexity index is 948. The van der Waals surface area contributed by atoms with Crippen LogP contribution < -0.4 is 5.01 Å². The van der Waals surface area contributed by atoms with E-state index in [1.807, 2.05) is 4.90 Å². The van der Waals surface area contributed by atoms with Gasteiger partial charge >= 0.3 is 11.9 Å². The van der Waals surface area contributed by atoms with Gasteiger partial charge in [0.2, 0.25) is 9.37 Å². The molecule has 0 unspecified atom stereocenters. The average Bonchev–Trinajstić information content (AvgIpc) is 3.23. The molecule has 0 radical (unpaired) electrons. The standard InChI is InChI=1S/C18H20N4O6S2/c1-5-27-16(23)14-11(3)20(4)18(29-14)21(19-15(30-18)17(24)28-6-2)12-7-9-13(10-8-12)22(25)26/h7-10H,5-6H2,1-4H3/t18-/m1/s1. The summed E-state index contributed by atoms with van der Waals surface area (Å²) in [5.74, 6) is -1.04. The zero-order valence-electron chi connectivity index (χ0n) is 16.8. The molecule has 2 heterocycles. The Labute approximate surface area is 181 Å². The molecule has 3 rings (SSSR count). The molecule has 30 heavy (non-hydrogen) atoms. The third-order valence-electron chi connectivity index (χ3n) is 4.39. The summed E-state index contributed by atoms with van der Waals surface area (Å²) in [6.45, 7) is 5.63. The van der Waals surface area contributed by atoms with Gasteiger partial charge in [-0.05, 0) is 44.7 Å². The molecule has 0 bridgehead atoms. The fourth-order valence-electron chi connectivity index (χ4n) is 2.86. The number of anilines is 1. The second kappa shape index (κ2) is 8.56. The fraction of sp³-hybridized carbons (Fsp3) is 0.389. The number of nitrogens with zero attached hydrogens (tertiary/aromatic N) is 4. The number of nitro groups is 1. The molecule has 0 saturated heterocycles. The topological polar surface area (TPSA) is 115 Å². The monoisotopic (exact) mass is 452 g/mol.